The second-order valence-electron chi connectivity index (χ2n) is 7.03. The van der Waals surface area contributed by atoms with Crippen LogP contribution in [0.2, 0.25) is 0 Å². The Morgan fingerprint density at radius 3 is 2.59 bits per heavy atom. The van der Waals surface area contributed by atoms with Crippen LogP contribution in [0.15, 0.2) is 35.4 Å². The lowest BCUT2D eigenvalue weighted by Gasteiger charge is -2.35. The standard InChI is InChI=1S/C19H21FN4O4S/c20-15-1-3-16(4-2-15)29(26,27)13-18(25)23-6-8-24(9-7-23)19-21-11-14-12-28-10-5-17(14)22-19/h1-4,11H,5-10,12-13H2. The number of fused-ring (bicyclic) bond motifs is 1. The van der Waals surface area contributed by atoms with Crippen LogP contribution in [-0.4, -0.2) is 67.7 Å². The first kappa shape index (κ1) is 19.7. The normalized spacial score (nSPS) is 17.1. The summed E-state index contributed by atoms with van der Waals surface area (Å²) >= 11 is 0. The molecule has 3 heterocycles. The van der Waals surface area contributed by atoms with E-state index in [9.17, 15) is 17.6 Å². The van der Waals surface area contributed by atoms with E-state index in [2.05, 4.69) is 9.97 Å². The number of ether oxygens (including phenoxy) is 1. The number of benzene rings is 1. The maximum atomic E-state index is 13.0. The molecule has 2 aliphatic rings. The molecule has 1 fully saturated rings. The molecule has 10 heteroatoms. The highest BCUT2D eigenvalue weighted by atomic mass is 32.2. The Morgan fingerprint density at radius 1 is 1.14 bits per heavy atom. The van der Waals surface area contributed by atoms with Crippen LogP contribution < -0.4 is 4.90 Å². The van der Waals surface area contributed by atoms with Crippen molar-refractivity contribution in [1.29, 1.82) is 0 Å². The summed E-state index contributed by atoms with van der Waals surface area (Å²) in [6.07, 6.45) is 2.54. The van der Waals surface area contributed by atoms with Gasteiger partial charge in [-0.25, -0.2) is 22.8 Å². The summed E-state index contributed by atoms with van der Waals surface area (Å²) in [5.41, 5.74) is 1.99. The predicted molar refractivity (Wildman–Crippen MR) is 103 cm³/mol. The molecule has 1 amide bonds. The SMILES string of the molecule is O=C(CS(=O)(=O)c1ccc(F)cc1)N1CCN(c2ncc3c(n2)CCOC3)CC1. The Hall–Kier alpha value is -2.59. The number of carbonyl (C=O) groups is 1. The zero-order valence-electron chi connectivity index (χ0n) is 15.8. The summed E-state index contributed by atoms with van der Waals surface area (Å²) in [7, 11) is -3.81. The van der Waals surface area contributed by atoms with Gasteiger partial charge in [0.2, 0.25) is 11.9 Å². The van der Waals surface area contributed by atoms with Gasteiger partial charge in [0.25, 0.3) is 0 Å². The minimum absolute atomic E-state index is 0.0580. The summed E-state index contributed by atoms with van der Waals surface area (Å²) in [4.78, 5) is 25.0. The number of amides is 1. The van der Waals surface area contributed by atoms with Crippen molar-refractivity contribution in [1.82, 2.24) is 14.9 Å². The minimum Gasteiger partial charge on any atom is -0.376 e. The van der Waals surface area contributed by atoms with Crippen molar-refractivity contribution < 1.29 is 22.3 Å². The van der Waals surface area contributed by atoms with Crippen LogP contribution in [0.25, 0.3) is 0 Å². The van der Waals surface area contributed by atoms with Crippen molar-refractivity contribution in [2.45, 2.75) is 17.9 Å². The van der Waals surface area contributed by atoms with Crippen LogP contribution in [0, 0.1) is 5.82 Å². The second kappa shape index (κ2) is 8.03. The molecule has 2 aliphatic heterocycles. The van der Waals surface area contributed by atoms with Crippen molar-refractivity contribution in [2.24, 2.45) is 0 Å². The lowest BCUT2D eigenvalue weighted by atomic mass is 10.1. The molecule has 0 atom stereocenters. The van der Waals surface area contributed by atoms with Gasteiger partial charge in [-0.2, -0.15) is 0 Å². The fraction of sp³-hybridized carbons (Fsp3) is 0.421. The molecule has 1 aromatic heterocycles. The summed E-state index contributed by atoms with van der Waals surface area (Å²) in [6.45, 7) is 3.01. The van der Waals surface area contributed by atoms with Gasteiger partial charge >= 0.3 is 0 Å². The molecule has 4 rings (SSSR count). The van der Waals surface area contributed by atoms with Gasteiger partial charge in [-0.05, 0) is 24.3 Å². The third-order valence-electron chi connectivity index (χ3n) is 5.08. The molecule has 0 spiro atoms. The fourth-order valence-corrected chi connectivity index (χ4v) is 4.63. The highest BCUT2D eigenvalue weighted by Crippen LogP contribution is 2.19. The molecular weight excluding hydrogens is 399 g/mol. The number of halogens is 1. The van der Waals surface area contributed by atoms with Crippen LogP contribution in [0.5, 0.6) is 0 Å². The molecule has 29 heavy (non-hydrogen) atoms. The van der Waals surface area contributed by atoms with E-state index in [1.807, 2.05) is 4.90 Å². The first-order valence-electron chi connectivity index (χ1n) is 9.36. The molecule has 0 aliphatic carbocycles. The van der Waals surface area contributed by atoms with Crippen LogP contribution in [-0.2, 0) is 32.4 Å². The lowest BCUT2D eigenvalue weighted by Crippen LogP contribution is -2.50. The Labute approximate surface area is 168 Å². The van der Waals surface area contributed by atoms with Gasteiger partial charge in [0.15, 0.2) is 9.84 Å². The molecular formula is C19H21FN4O4S. The van der Waals surface area contributed by atoms with Gasteiger partial charge in [0, 0.05) is 44.4 Å². The molecule has 0 unspecified atom stereocenters. The molecule has 0 saturated carbocycles. The smallest absolute Gasteiger partial charge is 0.238 e. The Balaban J connectivity index is 1.36. The number of sulfone groups is 1. The van der Waals surface area contributed by atoms with Crippen LogP contribution >= 0.6 is 0 Å². The number of hydrogen-bond donors (Lipinski definition) is 0. The van der Waals surface area contributed by atoms with Crippen LogP contribution in [0.3, 0.4) is 0 Å². The van der Waals surface area contributed by atoms with E-state index in [0.717, 1.165) is 29.8 Å². The van der Waals surface area contributed by atoms with Crippen molar-refractivity contribution in [2.75, 3.05) is 43.4 Å². The zero-order valence-corrected chi connectivity index (χ0v) is 16.6. The first-order valence-corrected chi connectivity index (χ1v) is 11.0. The van der Waals surface area contributed by atoms with Crippen LogP contribution in [0.1, 0.15) is 11.3 Å². The van der Waals surface area contributed by atoms with Crippen molar-refractivity contribution in [3.05, 3.63) is 47.5 Å². The lowest BCUT2D eigenvalue weighted by molar-refractivity contribution is -0.128. The maximum absolute atomic E-state index is 13.0. The summed E-state index contributed by atoms with van der Waals surface area (Å²) < 4.78 is 43.2. The highest BCUT2D eigenvalue weighted by molar-refractivity contribution is 7.92. The highest BCUT2D eigenvalue weighted by Gasteiger charge is 2.27. The minimum atomic E-state index is -3.81. The number of nitrogens with zero attached hydrogens (tertiary/aromatic N) is 4. The van der Waals surface area contributed by atoms with E-state index in [1.54, 1.807) is 6.20 Å². The number of anilines is 1. The van der Waals surface area contributed by atoms with E-state index in [4.69, 9.17) is 4.74 Å². The molecule has 154 valence electrons. The molecule has 1 aromatic carbocycles. The summed E-state index contributed by atoms with van der Waals surface area (Å²) in [5.74, 6) is -0.994. The predicted octanol–water partition coefficient (Wildman–Crippen LogP) is 0.811. The average Bonchev–Trinajstić information content (AvgIpc) is 2.73. The van der Waals surface area contributed by atoms with Crippen molar-refractivity contribution in [3.63, 3.8) is 0 Å². The van der Waals surface area contributed by atoms with E-state index in [1.165, 1.54) is 17.0 Å². The molecule has 1 saturated heterocycles. The average molecular weight is 420 g/mol. The quantitative estimate of drug-likeness (QED) is 0.676. The van der Waals surface area contributed by atoms with E-state index in [-0.39, 0.29) is 4.90 Å². The number of rotatable bonds is 4. The van der Waals surface area contributed by atoms with Gasteiger partial charge in [0.05, 0.1) is 23.8 Å². The molecule has 0 bridgehead atoms. The third kappa shape index (κ3) is 4.38. The van der Waals surface area contributed by atoms with E-state index < -0.39 is 27.3 Å². The van der Waals surface area contributed by atoms with E-state index in [0.29, 0.717) is 45.3 Å². The van der Waals surface area contributed by atoms with Gasteiger partial charge in [-0.1, -0.05) is 0 Å². The van der Waals surface area contributed by atoms with Gasteiger partial charge < -0.3 is 14.5 Å². The Bertz CT molecular complexity index is 1010. The Kier molecular flexibility index (Phi) is 5.46. The monoisotopic (exact) mass is 420 g/mol. The first-order chi connectivity index (χ1) is 13.9. The number of aromatic nitrogens is 2. The molecule has 2 aromatic rings. The second-order valence-corrected chi connectivity index (χ2v) is 9.01. The topological polar surface area (TPSA) is 92.7 Å². The van der Waals surface area contributed by atoms with E-state index >= 15 is 0 Å². The van der Waals surface area contributed by atoms with Crippen molar-refractivity contribution in [3.8, 4) is 0 Å². The maximum Gasteiger partial charge on any atom is 0.238 e. The van der Waals surface area contributed by atoms with Crippen molar-refractivity contribution >= 4 is 21.7 Å². The van der Waals surface area contributed by atoms with Gasteiger partial charge in [0.1, 0.15) is 11.6 Å². The molecule has 0 N–H and O–H groups in total. The third-order valence-corrected chi connectivity index (χ3v) is 6.70. The summed E-state index contributed by atoms with van der Waals surface area (Å²) in [6, 6.07) is 4.49. The van der Waals surface area contributed by atoms with Gasteiger partial charge in [-0.15, -0.1) is 0 Å². The largest absolute Gasteiger partial charge is 0.376 e. The number of hydrogen-bond acceptors (Lipinski definition) is 7. The number of carbonyl (C=O) groups excluding carboxylic acids is 1. The zero-order chi connectivity index (χ0) is 20.4. The summed E-state index contributed by atoms with van der Waals surface area (Å²) in [5, 5.41) is 0. The molecule has 8 nitrogen and oxygen atoms in total. The fourth-order valence-electron chi connectivity index (χ4n) is 3.41. The molecule has 0 radical (unpaired) electrons. The Morgan fingerprint density at radius 2 is 1.86 bits per heavy atom. The van der Waals surface area contributed by atoms with Crippen LogP contribution in [0.4, 0.5) is 10.3 Å². The van der Waals surface area contributed by atoms with Gasteiger partial charge in [-0.3, -0.25) is 4.79 Å². The number of piperazine rings is 1.